The van der Waals surface area contributed by atoms with Crippen molar-refractivity contribution in [1.82, 2.24) is 9.55 Å². The molecule has 1 N–H and O–H groups in total. The molecule has 1 heterocycles. The Hall–Kier alpha value is -1.84. The molecule has 0 atom stereocenters. The van der Waals surface area contributed by atoms with Gasteiger partial charge in [0.05, 0.1) is 11.0 Å². The fourth-order valence-corrected chi connectivity index (χ4v) is 1.79. The Bertz CT molecular complexity index is 570. The molecule has 2 rings (SSSR count). The van der Waals surface area contributed by atoms with E-state index in [0.29, 0.717) is 5.82 Å². The summed E-state index contributed by atoms with van der Waals surface area (Å²) >= 11 is 0. The van der Waals surface area contributed by atoms with Gasteiger partial charge in [-0.1, -0.05) is 0 Å². The van der Waals surface area contributed by atoms with E-state index >= 15 is 0 Å². The van der Waals surface area contributed by atoms with Crippen LogP contribution < -0.4 is 0 Å². The van der Waals surface area contributed by atoms with Crippen LogP contribution in [0.15, 0.2) is 12.1 Å². The summed E-state index contributed by atoms with van der Waals surface area (Å²) in [5, 5.41) is 8.77. The van der Waals surface area contributed by atoms with Crippen LogP contribution in [0.2, 0.25) is 0 Å². The fraction of sp³-hybridized carbons (Fsp3) is 0.333. The quantitative estimate of drug-likeness (QED) is 0.836. The first-order valence-corrected chi connectivity index (χ1v) is 5.13. The highest BCUT2D eigenvalue weighted by atomic mass is 16.4. The van der Waals surface area contributed by atoms with Gasteiger partial charge in [0.1, 0.15) is 12.2 Å². The molecule has 0 unspecified atom stereocenters. The zero-order chi connectivity index (χ0) is 11.9. The number of nitrogens with zero attached hydrogens (tertiary/aromatic N) is 2. The van der Waals surface area contributed by atoms with E-state index < -0.39 is 5.97 Å². The molecule has 0 saturated heterocycles. The van der Waals surface area contributed by atoms with E-state index in [-0.39, 0.29) is 6.42 Å². The molecule has 0 spiro atoms. The van der Waals surface area contributed by atoms with E-state index in [1.54, 1.807) is 0 Å². The van der Waals surface area contributed by atoms with E-state index in [4.69, 9.17) is 5.11 Å². The summed E-state index contributed by atoms with van der Waals surface area (Å²) in [5.41, 5.74) is 4.21. The minimum atomic E-state index is -0.855. The molecule has 84 valence electrons. The minimum Gasteiger partial charge on any atom is -0.481 e. The third kappa shape index (κ3) is 1.66. The van der Waals surface area contributed by atoms with Gasteiger partial charge in [-0.25, -0.2) is 4.98 Å². The highest BCUT2D eigenvalue weighted by Crippen LogP contribution is 2.19. The molecule has 0 radical (unpaired) electrons. The van der Waals surface area contributed by atoms with Gasteiger partial charge < -0.3 is 9.67 Å². The number of carbonyl (C=O) groups is 1. The molecule has 0 amide bonds. The van der Waals surface area contributed by atoms with E-state index in [1.165, 1.54) is 11.1 Å². The first-order chi connectivity index (χ1) is 7.49. The number of aromatic nitrogens is 2. The monoisotopic (exact) mass is 218 g/mol. The Morgan fingerprint density at radius 2 is 2.00 bits per heavy atom. The summed E-state index contributed by atoms with van der Waals surface area (Å²) < 4.78 is 1.84. The molecular formula is C12H14N2O2. The van der Waals surface area contributed by atoms with E-state index in [0.717, 1.165) is 11.0 Å². The lowest BCUT2D eigenvalue weighted by molar-refractivity contribution is -0.136. The van der Waals surface area contributed by atoms with Crippen LogP contribution in [0.3, 0.4) is 0 Å². The van der Waals surface area contributed by atoms with Crippen molar-refractivity contribution in [3.63, 3.8) is 0 Å². The second kappa shape index (κ2) is 3.63. The maximum Gasteiger partial charge on any atom is 0.311 e. The molecule has 2 aromatic rings. The third-order valence-electron chi connectivity index (χ3n) is 2.90. The number of aryl methyl sites for hydroxylation is 3. The van der Waals surface area contributed by atoms with Crippen molar-refractivity contribution in [1.29, 1.82) is 0 Å². The van der Waals surface area contributed by atoms with E-state index in [2.05, 4.69) is 4.98 Å². The van der Waals surface area contributed by atoms with Gasteiger partial charge >= 0.3 is 5.97 Å². The van der Waals surface area contributed by atoms with Gasteiger partial charge in [0.25, 0.3) is 0 Å². The van der Waals surface area contributed by atoms with Gasteiger partial charge in [-0.2, -0.15) is 0 Å². The second-order valence-corrected chi connectivity index (χ2v) is 4.08. The number of hydrogen-bond acceptors (Lipinski definition) is 2. The van der Waals surface area contributed by atoms with Crippen LogP contribution in [-0.4, -0.2) is 20.6 Å². The summed E-state index contributed by atoms with van der Waals surface area (Å²) in [6.45, 7) is 4.07. The smallest absolute Gasteiger partial charge is 0.311 e. The minimum absolute atomic E-state index is 0.0384. The molecule has 4 heteroatoms. The van der Waals surface area contributed by atoms with Crippen LogP contribution in [0.4, 0.5) is 0 Å². The number of benzene rings is 1. The maximum atomic E-state index is 10.7. The van der Waals surface area contributed by atoms with Crippen molar-refractivity contribution >= 4 is 17.0 Å². The largest absolute Gasteiger partial charge is 0.481 e. The summed E-state index contributed by atoms with van der Waals surface area (Å²) in [6.07, 6.45) is -0.0384. The number of hydrogen-bond donors (Lipinski definition) is 1. The number of rotatable bonds is 2. The third-order valence-corrected chi connectivity index (χ3v) is 2.90. The average molecular weight is 218 g/mol. The normalized spacial score (nSPS) is 10.9. The van der Waals surface area contributed by atoms with Crippen molar-refractivity contribution in [2.75, 3.05) is 0 Å². The van der Waals surface area contributed by atoms with Gasteiger partial charge in [0.15, 0.2) is 0 Å². The number of imidazole rings is 1. The molecule has 1 aromatic carbocycles. The number of carboxylic acids is 1. The Morgan fingerprint density at radius 3 is 2.62 bits per heavy atom. The average Bonchev–Trinajstić information content (AvgIpc) is 2.45. The van der Waals surface area contributed by atoms with E-state index in [9.17, 15) is 4.79 Å². The molecule has 0 bridgehead atoms. The van der Waals surface area contributed by atoms with Crippen LogP contribution in [0.25, 0.3) is 11.0 Å². The Morgan fingerprint density at radius 1 is 1.38 bits per heavy atom. The standard InChI is InChI=1S/C12H14N2O2/c1-7-4-9-10(5-8(7)2)14(3)11(13-9)6-12(15)16/h4-5H,6H2,1-3H3,(H,15,16). The molecule has 0 saturated carbocycles. The Labute approximate surface area is 93.5 Å². The number of fused-ring (bicyclic) bond motifs is 1. The summed E-state index contributed by atoms with van der Waals surface area (Å²) in [6, 6.07) is 4.04. The highest BCUT2D eigenvalue weighted by Gasteiger charge is 2.11. The van der Waals surface area contributed by atoms with Crippen molar-refractivity contribution < 1.29 is 9.90 Å². The lowest BCUT2D eigenvalue weighted by Crippen LogP contribution is -2.06. The van der Waals surface area contributed by atoms with Crippen LogP contribution in [-0.2, 0) is 18.3 Å². The molecule has 16 heavy (non-hydrogen) atoms. The fourth-order valence-electron chi connectivity index (χ4n) is 1.79. The zero-order valence-electron chi connectivity index (χ0n) is 9.61. The van der Waals surface area contributed by atoms with Crippen LogP contribution in [0.1, 0.15) is 17.0 Å². The Kier molecular flexibility index (Phi) is 2.42. The van der Waals surface area contributed by atoms with Crippen molar-refractivity contribution in [2.24, 2.45) is 7.05 Å². The van der Waals surface area contributed by atoms with Gasteiger partial charge in [0, 0.05) is 7.05 Å². The molecular weight excluding hydrogens is 204 g/mol. The maximum absolute atomic E-state index is 10.7. The van der Waals surface area contributed by atoms with Crippen LogP contribution in [0.5, 0.6) is 0 Å². The van der Waals surface area contributed by atoms with Gasteiger partial charge in [-0.15, -0.1) is 0 Å². The molecule has 0 fully saturated rings. The number of carboxylic acid groups (broad SMARTS) is 1. The molecule has 0 aliphatic heterocycles. The predicted octanol–water partition coefficient (Wildman–Crippen LogP) is 1.82. The van der Waals surface area contributed by atoms with Crippen molar-refractivity contribution in [3.05, 3.63) is 29.1 Å². The lowest BCUT2D eigenvalue weighted by atomic mass is 10.1. The SMILES string of the molecule is Cc1cc2nc(CC(=O)O)n(C)c2cc1C. The zero-order valence-corrected chi connectivity index (χ0v) is 9.61. The lowest BCUT2D eigenvalue weighted by Gasteiger charge is -2.01. The summed E-state index contributed by atoms with van der Waals surface area (Å²) in [7, 11) is 1.85. The van der Waals surface area contributed by atoms with Crippen LogP contribution >= 0.6 is 0 Å². The van der Waals surface area contributed by atoms with Gasteiger partial charge in [-0.3, -0.25) is 4.79 Å². The molecule has 0 aliphatic carbocycles. The van der Waals surface area contributed by atoms with Crippen molar-refractivity contribution in [2.45, 2.75) is 20.3 Å². The summed E-state index contributed by atoms with van der Waals surface area (Å²) in [5.74, 6) is -0.264. The second-order valence-electron chi connectivity index (χ2n) is 4.08. The number of aliphatic carboxylic acids is 1. The first-order valence-electron chi connectivity index (χ1n) is 5.13. The van der Waals surface area contributed by atoms with Crippen LogP contribution in [0, 0.1) is 13.8 Å². The van der Waals surface area contributed by atoms with Gasteiger partial charge in [-0.05, 0) is 37.1 Å². The molecule has 1 aromatic heterocycles. The summed E-state index contributed by atoms with van der Waals surface area (Å²) in [4.78, 5) is 15.0. The first kappa shape index (κ1) is 10.7. The topological polar surface area (TPSA) is 55.1 Å². The van der Waals surface area contributed by atoms with Gasteiger partial charge in [0.2, 0.25) is 0 Å². The van der Waals surface area contributed by atoms with Crippen molar-refractivity contribution in [3.8, 4) is 0 Å². The predicted molar refractivity (Wildman–Crippen MR) is 61.5 cm³/mol. The highest BCUT2D eigenvalue weighted by molar-refractivity contribution is 5.79. The molecule has 4 nitrogen and oxygen atoms in total. The van der Waals surface area contributed by atoms with E-state index in [1.807, 2.05) is 37.6 Å². The molecule has 0 aliphatic rings. The Balaban J connectivity index is 2.63.